The summed E-state index contributed by atoms with van der Waals surface area (Å²) in [6, 6.07) is 52.0. The van der Waals surface area contributed by atoms with Crippen LogP contribution in [0.2, 0.25) is 0 Å². The Morgan fingerprint density at radius 1 is 0.471 bits per heavy atom. The first-order valence-electron chi connectivity index (χ1n) is 17.1. The summed E-state index contributed by atoms with van der Waals surface area (Å²) in [5.41, 5.74) is 14.1. The number of nitrogens with zero attached hydrogens (tertiary/aromatic N) is 5. The predicted octanol–water partition coefficient (Wildman–Crippen LogP) is 11.8. The molecule has 0 unspecified atom stereocenters. The van der Waals surface area contributed by atoms with Crippen molar-refractivity contribution >= 4 is 92.4 Å². The molecule has 12 aromatic rings. The molecule has 0 saturated heterocycles. The second-order valence-electron chi connectivity index (χ2n) is 13.3. The van der Waals surface area contributed by atoms with Gasteiger partial charge in [0.25, 0.3) is 0 Å². The SMILES string of the molecule is c1ccc(-n2c3ccccc3c3cc(-c4nc(-c5ccc6c(c5)c5cc7ncsc7c7c8ccccc8n6c57)c5ccccc5n4)ccc32)cc1. The van der Waals surface area contributed by atoms with E-state index in [2.05, 4.69) is 155 Å². The van der Waals surface area contributed by atoms with Crippen LogP contribution in [0.5, 0.6) is 0 Å². The number of aromatic nitrogens is 5. The molecule has 51 heavy (non-hydrogen) atoms. The molecule has 7 aromatic carbocycles. The standard InChI is InChI=1S/C45H25N5S/c1-2-10-28(11-3-1)49-37-16-8-5-12-29(37)32-23-27(19-21-39(32)49)45-47-35-15-7-4-13-30(35)42(48-45)26-18-20-40-33(22-26)34-24-36-44(51-25-46-36)41-31-14-6-9-17-38(31)50(40)43(34)41/h1-25H. The lowest BCUT2D eigenvalue weighted by Crippen LogP contribution is -1.96. The summed E-state index contributed by atoms with van der Waals surface area (Å²) in [6.07, 6.45) is 0. The highest BCUT2D eigenvalue weighted by Crippen LogP contribution is 2.45. The maximum Gasteiger partial charge on any atom is 0.160 e. The first-order valence-corrected chi connectivity index (χ1v) is 18.0. The van der Waals surface area contributed by atoms with E-state index in [1.54, 1.807) is 11.3 Å². The van der Waals surface area contributed by atoms with Gasteiger partial charge in [0.2, 0.25) is 0 Å². The topological polar surface area (TPSA) is 48.0 Å². The molecule has 0 bridgehead atoms. The van der Waals surface area contributed by atoms with Crippen molar-refractivity contribution in [2.45, 2.75) is 0 Å². The summed E-state index contributed by atoms with van der Waals surface area (Å²) >= 11 is 1.72. The van der Waals surface area contributed by atoms with Gasteiger partial charge in [-0.15, -0.1) is 11.3 Å². The van der Waals surface area contributed by atoms with Gasteiger partial charge >= 0.3 is 0 Å². The van der Waals surface area contributed by atoms with E-state index in [0.717, 1.165) is 44.4 Å². The quantitative estimate of drug-likeness (QED) is 0.188. The van der Waals surface area contributed by atoms with Crippen LogP contribution < -0.4 is 0 Å². The summed E-state index contributed by atoms with van der Waals surface area (Å²) in [7, 11) is 0. The van der Waals surface area contributed by atoms with Gasteiger partial charge in [-0.2, -0.15) is 0 Å². The minimum atomic E-state index is 0.714. The van der Waals surface area contributed by atoms with Crippen LogP contribution in [0.4, 0.5) is 0 Å². The number of hydrogen-bond donors (Lipinski definition) is 0. The molecule has 236 valence electrons. The monoisotopic (exact) mass is 667 g/mol. The molecule has 0 aliphatic heterocycles. The number of thiazole rings is 1. The zero-order valence-electron chi connectivity index (χ0n) is 27.1. The van der Waals surface area contributed by atoms with E-state index >= 15 is 0 Å². The van der Waals surface area contributed by atoms with Crippen molar-refractivity contribution < 1.29 is 0 Å². The van der Waals surface area contributed by atoms with Gasteiger partial charge in [-0.05, 0) is 66.7 Å². The van der Waals surface area contributed by atoms with E-state index in [-0.39, 0.29) is 0 Å². The number of hydrogen-bond acceptors (Lipinski definition) is 4. The third kappa shape index (κ3) is 3.66. The highest BCUT2D eigenvalue weighted by molar-refractivity contribution is 7.18. The second-order valence-corrected chi connectivity index (χ2v) is 14.1. The van der Waals surface area contributed by atoms with Gasteiger partial charge < -0.3 is 8.97 Å². The Morgan fingerprint density at radius 3 is 2.04 bits per heavy atom. The van der Waals surface area contributed by atoms with Crippen LogP contribution in [-0.2, 0) is 0 Å². The van der Waals surface area contributed by atoms with Crippen LogP contribution in [0.1, 0.15) is 0 Å². The normalized spacial score (nSPS) is 12.3. The minimum Gasteiger partial charge on any atom is -0.309 e. The number of benzene rings is 7. The Labute approximate surface area is 294 Å². The highest BCUT2D eigenvalue weighted by atomic mass is 32.1. The average Bonchev–Trinajstić information content (AvgIpc) is 3.96. The summed E-state index contributed by atoms with van der Waals surface area (Å²) in [4.78, 5) is 15.3. The number of para-hydroxylation sites is 4. The second kappa shape index (κ2) is 9.97. The largest absolute Gasteiger partial charge is 0.309 e. The van der Waals surface area contributed by atoms with Gasteiger partial charge in [0, 0.05) is 54.5 Å². The molecule has 12 rings (SSSR count). The van der Waals surface area contributed by atoms with Crippen molar-refractivity contribution in [2.75, 3.05) is 0 Å². The van der Waals surface area contributed by atoms with Gasteiger partial charge in [-0.3, -0.25) is 0 Å². The molecule has 0 spiro atoms. The third-order valence-electron chi connectivity index (χ3n) is 10.6. The van der Waals surface area contributed by atoms with Crippen LogP contribution in [0, 0.1) is 0 Å². The van der Waals surface area contributed by atoms with Crippen molar-refractivity contribution in [1.82, 2.24) is 23.9 Å². The lowest BCUT2D eigenvalue weighted by molar-refractivity contribution is 1.18. The van der Waals surface area contributed by atoms with Crippen molar-refractivity contribution in [3.63, 3.8) is 0 Å². The van der Waals surface area contributed by atoms with Crippen LogP contribution in [0.3, 0.4) is 0 Å². The molecule has 0 fully saturated rings. The summed E-state index contributed by atoms with van der Waals surface area (Å²) < 4.78 is 6.01. The van der Waals surface area contributed by atoms with Gasteiger partial charge in [-0.1, -0.05) is 78.9 Å². The Hall–Kier alpha value is -6.63. The van der Waals surface area contributed by atoms with E-state index in [0.29, 0.717) is 5.82 Å². The summed E-state index contributed by atoms with van der Waals surface area (Å²) in [6.45, 7) is 0. The predicted molar refractivity (Wildman–Crippen MR) is 213 cm³/mol. The van der Waals surface area contributed by atoms with E-state index < -0.39 is 0 Å². The zero-order chi connectivity index (χ0) is 33.2. The van der Waals surface area contributed by atoms with E-state index in [9.17, 15) is 0 Å². The van der Waals surface area contributed by atoms with Crippen molar-refractivity contribution in [1.29, 1.82) is 0 Å². The van der Waals surface area contributed by atoms with Crippen LogP contribution in [0.15, 0.2) is 151 Å². The Bertz CT molecular complexity index is 3370. The Kier molecular flexibility index (Phi) is 5.32. The molecule has 0 radical (unpaired) electrons. The maximum absolute atomic E-state index is 5.36. The van der Waals surface area contributed by atoms with Gasteiger partial charge in [0.05, 0.1) is 54.5 Å². The van der Waals surface area contributed by atoms with E-state index in [4.69, 9.17) is 15.0 Å². The first kappa shape index (κ1) is 27.2. The molecule has 0 aliphatic rings. The van der Waals surface area contributed by atoms with Crippen LogP contribution in [-0.4, -0.2) is 23.9 Å². The van der Waals surface area contributed by atoms with Gasteiger partial charge in [0.1, 0.15) is 0 Å². The van der Waals surface area contributed by atoms with E-state index in [1.165, 1.54) is 59.1 Å². The molecule has 0 atom stereocenters. The van der Waals surface area contributed by atoms with Crippen molar-refractivity contribution in [2.24, 2.45) is 0 Å². The maximum atomic E-state index is 5.36. The molecular weight excluding hydrogens is 643 g/mol. The fraction of sp³-hybridized carbons (Fsp3) is 0. The zero-order valence-corrected chi connectivity index (χ0v) is 27.9. The third-order valence-corrected chi connectivity index (χ3v) is 11.4. The van der Waals surface area contributed by atoms with Crippen LogP contribution >= 0.6 is 11.3 Å². The minimum absolute atomic E-state index is 0.714. The number of rotatable bonds is 3. The molecule has 5 nitrogen and oxygen atoms in total. The smallest absolute Gasteiger partial charge is 0.160 e. The molecule has 5 aromatic heterocycles. The fourth-order valence-electron chi connectivity index (χ4n) is 8.42. The highest BCUT2D eigenvalue weighted by Gasteiger charge is 2.22. The molecule has 5 heterocycles. The molecule has 0 aliphatic carbocycles. The molecule has 0 saturated carbocycles. The summed E-state index contributed by atoms with van der Waals surface area (Å²) in [5, 5.41) is 8.40. The molecule has 6 heteroatoms. The molecule has 0 amide bonds. The Balaban J connectivity index is 1.10. The lowest BCUT2D eigenvalue weighted by atomic mass is 10.0. The van der Waals surface area contributed by atoms with E-state index in [1.807, 2.05) is 5.51 Å². The summed E-state index contributed by atoms with van der Waals surface area (Å²) in [5.74, 6) is 0.714. The van der Waals surface area contributed by atoms with Crippen molar-refractivity contribution in [3.05, 3.63) is 151 Å². The lowest BCUT2D eigenvalue weighted by Gasteiger charge is -2.11. The fourth-order valence-corrected chi connectivity index (χ4v) is 9.25. The van der Waals surface area contributed by atoms with Gasteiger partial charge in [-0.25, -0.2) is 15.0 Å². The average molecular weight is 668 g/mol. The molecular formula is C45H25N5S. The van der Waals surface area contributed by atoms with Crippen molar-refractivity contribution in [3.8, 4) is 28.3 Å². The van der Waals surface area contributed by atoms with Gasteiger partial charge in [0.15, 0.2) is 5.82 Å². The Morgan fingerprint density at radius 2 is 1.14 bits per heavy atom. The van der Waals surface area contributed by atoms with Crippen LogP contribution in [0.25, 0.3) is 109 Å². The molecule has 0 N–H and O–H groups in total. The first-order chi connectivity index (χ1) is 25.3. The number of fused-ring (bicyclic) bond motifs is 12.